The van der Waals surface area contributed by atoms with Crippen LogP contribution in [0.1, 0.15) is 44.9 Å². The van der Waals surface area contributed by atoms with Crippen LogP contribution in [0.2, 0.25) is 0 Å². The standard InChI is InChI=1S/C27H19N7O3/c1-3-15-10-11-17-19-18(15)27(37)34(16-8-5-4-6-9-16)22(20(19)25(35)31-17)14(2)30-26(36)21-23(28)32-33-13-7-12-29-24(21)33/h1,4-14H,2H3,(H2,28,32)(H,30,36)(H,31,35)/t14-/m0/s1. The topological polar surface area (TPSA) is 136 Å². The molecule has 0 saturated heterocycles. The lowest BCUT2D eigenvalue weighted by Gasteiger charge is -2.23. The number of carbonyl (C=O) groups excluding carboxylic acids is 2. The minimum Gasteiger partial charge on any atom is -0.381 e. The zero-order valence-corrected chi connectivity index (χ0v) is 19.5. The largest absolute Gasteiger partial charge is 0.381 e. The number of amides is 2. The van der Waals surface area contributed by atoms with Crippen LogP contribution in [-0.4, -0.2) is 31.0 Å². The van der Waals surface area contributed by atoms with Gasteiger partial charge in [0.25, 0.3) is 17.4 Å². The second kappa shape index (κ2) is 8.07. The molecule has 1 aliphatic heterocycles. The van der Waals surface area contributed by atoms with Crippen molar-refractivity contribution in [1.29, 1.82) is 0 Å². The third-order valence-electron chi connectivity index (χ3n) is 6.42. The number of nitrogens with one attached hydrogen (secondary N) is 2. The van der Waals surface area contributed by atoms with Gasteiger partial charge in [-0.2, -0.15) is 0 Å². The lowest BCUT2D eigenvalue weighted by Crippen LogP contribution is -2.34. The summed E-state index contributed by atoms with van der Waals surface area (Å²) in [5.74, 6) is 1.62. The molecule has 6 rings (SSSR count). The first-order valence-electron chi connectivity index (χ1n) is 11.4. The fourth-order valence-corrected chi connectivity index (χ4v) is 4.89. The van der Waals surface area contributed by atoms with Crippen molar-refractivity contribution < 1.29 is 9.59 Å². The Kier molecular flexibility index (Phi) is 4.81. The summed E-state index contributed by atoms with van der Waals surface area (Å²) in [6.45, 7) is 1.69. The Morgan fingerprint density at radius 1 is 1.14 bits per heavy atom. The Balaban J connectivity index is 1.60. The molecule has 4 heterocycles. The Morgan fingerprint density at radius 2 is 1.92 bits per heavy atom. The third kappa shape index (κ3) is 3.18. The van der Waals surface area contributed by atoms with E-state index in [-0.39, 0.29) is 28.0 Å². The number of pyridine rings is 1. The summed E-state index contributed by atoms with van der Waals surface area (Å²) in [6, 6.07) is 13.0. The number of anilines is 2. The Bertz CT molecular complexity index is 1880. The van der Waals surface area contributed by atoms with Gasteiger partial charge in [0.2, 0.25) is 0 Å². The number of benzene rings is 2. The quantitative estimate of drug-likeness (QED) is 0.332. The van der Waals surface area contributed by atoms with Gasteiger partial charge in [-0.3, -0.25) is 19.0 Å². The Morgan fingerprint density at radius 3 is 2.68 bits per heavy atom. The lowest BCUT2D eigenvalue weighted by molar-refractivity contribution is 0.0937. The predicted octanol–water partition coefficient (Wildman–Crippen LogP) is 2.65. The van der Waals surface area contributed by atoms with E-state index in [1.165, 1.54) is 15.3 Å². The highest BCUT2D eigenvalue weighted by molar-refractivity contribution is 6.25. The molecule has 2 amide bonds. The van der Waals surface area contributed by atoms with E-state index in [4.69, 9.17) is 12.2 Å². The normalized spacial score (nSPS) is 12.9. The number of fused-ring (bicyclic) bond motifs is 1. The van der Waals surface area contributed by atoms with E-state index in [9.17, 15) is 14.4 Å². The van der Waals surface area contributed by atoms with Crippen molar-refractivity contribution in [3.63, 3.8) is 0 Å². The number of terminal acetylenes is 1. The van der Waals surface area contributed by atoms with Crippen LogP contribution in [0.25, 0.3) is 22.1 Å². The van der Waals surface area contributed by atoms with Gasteiger partial charge in [-0.15, -0.1) is 11.5 Å². The lowest BCUT2D eigenvalue weighted by atomic mass is 9.97. The average molecular weight is 489 g/mol. The molecule has 4 N–H and O–H groups in total. The van der Waals surface area contributed by atoms with Crippen molar-refractivity contribution in [2.75, 3.05) is 11.1 Å². The summed E-state index contributed by atoms with van der Waals surface area (Å²) < 4.78 is 2.83. The van der Waals surface area contributed by atoms with Gasteiger partial charge in [0.05, 0.1) is 28.4 Å². The van der Waals surface area contributed by atoms with E-state index >= 15 is 0 Å². The molecule has 180 valence electrons. The molecule has 0 aliphatic carbocycles. The van der Waals surface area contributed by atoms with Gasteiger partial charge in [-0.1, -0.05) is 24.1 Å². The molecule has 0 bridgehead atoms. The molecule has 10 nitrogen and oxygen atoms in total. The molecule has 2 aromatic carbocycles. The summed E-state index contributed by atoms with van der Waals surface area (Å²) in [5, 5.41) is 10.5. The number of aromatic nitrogens is 4. The molecule has 0 radical (unpaired) electrons. The summed E-state index contributed by atoms with van der Waals surface area (Å²) in [4.78, 5) is 44.9. The van der Waals surface area contributed by atoms with Crippen LogP contribution in [0, 0.1) is 12.3 Å². The first-order chi connectivity index (χ1) is 17.9. The van der Waals surface area contributed by atoms with E-state index in [1.54, 1.807) is 55.6 Å². The van der Waals surface area contributed by atoms with Gasteiger partial charge < -0.3 is 16.4 Å². The molecule has 0 saturated carbocycles. The van der Waals surface area contributed by atoms with Crippen LogP contribution in [0.4, 0.5) is 11.5 Å². The second-order valence-corrected chi connectivity index (χ2v) is 8.59. The maximum atomic E-state index is 14.0. The maximum Gasteiger partial charge on any atom is 0.264 e. The number of nitrogen functional groups attached to an aromatic ring is 1. The molecular formula is C27H19N7O3. The van der Waals surface area contributed by atoms with Gasteiger partial charge in [0.1, 0.15) is 5.56 Å². The average Bonchev–Trinajstić information content (AvgIpc) is 3.41. The zero-order valence-electron chi connectivity index (χ0n) is 19.5. The predicted molar refractivity (Wildman–Crippen MR) is 139 cm³/mol. The summed E-state index contributed by atoms with van der Waals surface area (Å²) >= 11 is 0. The van der Waals surface area contributed by atoms with Crippen LogP contribution >= 0.6 is 0 Å². The Hall–Kier alpha value is -5.43. The summed E-state index contributed by atoms with van der Waals surface area (Å²) in [6.07, 6.45) is 8.88. The maximum absolute atomic E-state index is 14.0. The number of para-hydroxylation sites is 1. The number of nitrogens with zero attached hydrogens (tertiary/aromatic N) is 4. The van der Waals surface area contributed by atoms with Gasteiger partial charge in [-0.05, 0) is 37.3 Å². The van der Waals surface area contributed by atoms with E-state index in [1.807, 2.05) is 6.07 Å². The van der Waals surface area contributed by atoms with Gasteiger partial charge >= 0.3 is 0 Å². The smallest absolute Gasteiger partial charge is 0.264 e. The van der Waals surface area contributed by atoms with Gasteiger partial charge in [0, 0.05) is 29.0 Å². The number of hydrogen-bond acceptors (Lipinski definition) is 6. The molecule has 3 aromatic heterocycles. The number of carbonyl (C=O) groups is 2. The van der Waals surface area contributed by atoms with Crippen molar-refractivity contribution >= 4 is 39.7 Å². The van der Waals surface area contributed by atoms with Gasteiger partial charge in [0.15, 0.2) is 11.5 Å². The van der Waals surface area contributed by atoms with Crippen molar-refractivity contribution in [3.8, 4) is 18.0 Å². The monoisotopic (exact) mass is 489 g/mol. The number of nitrogens with two attached hydrogens (primary N) is 1. The molecule has 0 unspecified atom stereocenters. The highest BCUT2D eigenvalue weighted by atomic mass is 16.2. The fraction of sp³-hybridized carbons (Fsp3) is 0.0741. The number of hydrogen-bond donors (Lipinski definition) is 3. The van der Waals surface area contributed by atoms with Crippen LogP contribution < -0.4 is 21.9 Å². The van der Waals surface area contributed by atoms with Gasteiger partial charge in [-0.25, -0.2) is 9.50 Å². The van der Waals surface area contributed by atoms with E-state index in [0.29, 0.717) is 28.0 Å². The van der Waals surface area contributed by atoms with Crippen LogP contribution in [0.15, 0.2) is 65.7 Å². The molecular weight excluding hydrogens is 470 g/mol. The van der Waals surface area contributed by atoms with Crippen LogP contribution in [0.3, 0.4) is 0 Å². The summed E-state index contributed by atoms with van der Waals surface area (Å²) in [5.41, 5.74) is 7.98. The fourth-order valence-electron chi connectivity index (χ4n) is 4.89. The highest BCUT2D eigenvalue weighted by Gasteiger charge is 2.34. The van der Waals surface area contributed by atoms with E-state index < -0.39 is 23.4 Å². The molecule has 1 aliphatic rings. The Labute approximate surface area is 209 Å². The van der Waals surface area contributed by atoms with Crippen LogP contribution in [0.5, 0.6) is 0 Å². The summed E-state index contributed by atoms with van der Waals surface area (Å²) in [7, 11) is 0. The molecule has 5 aromatic rings. The highest BCUT2D eigenvalue weighted by Crippen LogP contribution is 2.38. The van der Waals surface area contributed by atoms with Crippen molar-refractivity contribution in [1.82, 2.24) is 24.5 Å². The van der Waals surface area contributed by atoms with Crippen molar-refractivity contribution in [2.45, 2.75) is 13.0 Å². The molecule has 10 heteroatoms. The second-order valence-electron chi connectivity index (χ2n) is 8.59. The minimum absolute atomic E-state index is 0.00518. The van der Waals surface area contributed by atoms with Crippen LogP contribution in [-0.2, 0) is 0 Å². The molecule has 1 atom stereocenters. The number of rotatable bonds is 4. The molecule has 37 heavy (non-hydrogen) atoms. The van der Waals surface area contributed by atoms with E-state index in [2.05, 4.69) is 26.6 Å². The molecule has 0 spiro atoms. The first kappa shape index (κ1) is 22.1. The molecule has 0 fully saturated rings. The van der Waals surface area contributed by atoms with Crippen molar-refractivity contribution in [3.05, 3.63) is 93.7 Å². The zero-order chi connectivity index (χ0) is 25.8. The SMILES string of the molecule is C#Cc1ccc2c3c(c([C@H](C)NC(=O)c4c(N)nn5cccnc45)n(-c4ccccc4)c(=O)c13)C(=O)N2. The van der Waals surface area contributed by atoms with E-state index in [0.717, 1.165) is 0 Å². The third-order valence-corrected chi connectivity index (χ3v) is 6.42. The minimum atomic E-state index is -0.802. The van der Waals surface area contributed by atoms with Crippen molar-refractivity contribution in [2.24, 2.45) is 0 Å². The first-order valence-corrected chi connectivity index (χ1v) is 11.4.